The Hall–Kier alpha value is -1.03. The predicted octanol–water partition coefficient (Wildman–Crippen LogP) is 4.91. The summed E-state index contributed by atoms with van der Waals surface area (Å²) in [7, 11) is 0. The van der Waals surface area contributed by atoms with Crippen molar-refractivity contribution in [3.63, 3.8) is 0 Å². The maximum Gasteiger partial charge on any atom is 0.260 e. The van der Waals surface area contributed by atoms with Gasteiger partial charge in [0, 0.05) is 12.1 Å². The first-order valence-electron chi connectivity index (χ1n) is 8.44. The van der Waals surface area contributed by atoms with Crippen molar-refractivity contribution in [3.8, 4) is 5.75 Å². The summed E-state index contributed by atoms with van der Waals surface area (Å²) >= 11 is 3.56. The van der Waals surface area contributed by atoms with E-state index in [1.54, 1.807) is 0 Å². The van der Waals surface area contributed by atoms with Crippen LogP contribution < -0.4 is 4.74 Å². The highest BCUT2D eigenvalue weighted by molar-refractivity contribution is 9.10. The summed E-state index contributed by atoms with van der Waals surface area (Å²) in [4.78, 5) is 14.5. The van der Waals surface area contributed by atoms with Crippen LogP contribution in [0, 0.1) is 0 Å². The second kappa shape index (κ2) is 7.25. The lowest BCUT2D eigenvalue weighted by molar-refractivity contribution is -0.139. The lowest BCUT2D eigenvalue weighted by Gasteiger charge is -2.39. The van der Waals surface area contributed by atoms with Crippen molar-refractivity contribution in [3.05, 3.63) is 28.2 Å². The molecule has 1 saturated heterocycles. The zero-order valence-corrected chi connectivity index (χ0v) is 16.4. The SMILES string of the molecule is CC1CCCC(C)N1C(=O)COc1ccc(C(C)(C)C)cc1Br. The minimum Gasteiger partial charge on any atom is -0.483 e. The molecule has 0 aliphatic carbocycles. The first kappa shape index (κ1) is 18.3. The van der Waals surface area contributed by atoms with Gasteiger partial charge in [0.25, 0.3) is 5.91 Å². The molecule has 1 aliphatic heterocycles. The van der Waals surface area contributed by atoms with Gasteiger partial charge in [-0.15, -0.1) is 0 Å². The molecule has 1 aliphatic rings. The van der Waals surface area contributed by atoms with Crippen molar-refractivity contribution in [1.82, 2.24) is 4.90 Å². The molecule has 0 bridgehead atoms. The zero-order valence-electron chi connectivity index (χ0n) is 14.9. The smallest absolute Gasteiger partial charge is 0.260 e. The molecule has 0 radical (unpaired) electrons. The van der Waals surface area contributed by atoms with Gasteiger partial charge in [-0.1, -0.05) is 26.8 Å². The van der Waals surface area contributed by atoms with Crippen molar-refractivity contribution < 1.29 is 9.53 Å². The Morgan fingerprint density at radius 3 is 2.39 bits per heavy atom. The van der Waals surface area contributed by atoms with Gasteiger partial charge < -0.3 is 9.64 Å². The van der Waals surface area contributed by atoms with E-state index in [1.807, 2.05) is 11.0 Å². The molecule has 2 unspecified atom stereocenters. The van der Waals surface area contributed by atoms with Crippen LogP contribution in [0.2, 0.25) is 0 Å². The average Bonchev–Trinajstić information content (AvgIpc) is 2.44. The first-order valence-corrected chi connectivity index (χ1v) is 9.23. The van der Waals surface area contributed by atoms with Gasteiger partial charge in [-0.2, -0.15) is 0 Å². The monoisotopic (exact) mass is 381 g/mol. The van der Waals surface area contributed by atoms with Gasteiger partial charge in [0.2, 0.25) is 0 Å². The minimum absolute atomic E-state index is 0.0801. The van der Waals surface area contributed by atoms with E-state index in [0.29, 0.717) is 12.1 Å². The lowest BCUT2D eigenvalue weighted by atomic mass is 9.87. The number of likely N-dealkylation sites (tertiary alicyclic amines) is 1. The molecule has 0 saturated carbocycles. The lowest BCUT2D eigenvalue weighted by Crippen LogP contribution is -2.49. The van der Waals surface area contributed by atoms with E-state index in [2.05, 4.69) is 62.7 Å². The molecule has 4 heteroatoms. The van der Waals surface area contributed by atoms with Crippen molar-refractivity contribution in [1.29, 1.82) is 0 Å². The quantitative estimate of drug-likeness (QED) is 0.743. The van der Waals surface area contributed by atoms with E-state index in [1.165, 1.54) is 12.0 Å². The molecule has 3 nitrogen and oxygen atoms in total. The summed E-state index contributed by atoms with van der Waals surface area (Å²) in [5.41, 5.74) is 1.33. The fraction of sp³-hybridized carbons (Fsp3) is 0.632. The molecule has 0 aromatic heterocycles. The summed E-state index contributed by atoms with van der Waals surface area (Å²) in [5, 5.41) is 0. The molecule has 2 rings (SSSR count). The zero-order chi connectivity index (χ0) is 17.2. The van der Waals surface area contributed by atoms with Crippen LogP contribution in [0.4, 0.5) is 0 Å². The van der Waals surface area contributed by atoms with Gasteiger partial charge >= 0.3 is 0 Å². The van der Waals surface area contributed by atoms with Crippen LogP contribution in [0.3, 0.4) is 0 Å². The normalized spacial score (nSPS) is 22.1. The molecule has 1 aromatic rings. The summed E-state index contributed by atoms with van der Waals surface area (Å²) in [6, 6.07) is 6.70. The Morgan fingerprint density at radius 1 is 1.26 bits per heavy atom. The Bertz CT molecular complexity index is 555. The summed E-state index contributed by atoms with van der Waals surface area (Å²) in [6.45, 7) is 10.9. The number of benzene rings is 1. The van der Waals surface area contributed by atoms with E-state index in [-0.39, 0.29) is 17.9 Å². The number of hydrogen-bond acceptors (Lipinski definition) is 2. The summed E-state index contributed by atoms with van der Waals surface area (Å²) < 4.78 is 6.68. The van der Waals surface area contributed by atoms with E-state index in [4.69, 9.17) is 4.74 Å². The molecular weight excluding hydrogens is 354 g/mol. The molecule has 128 valence electrons. The third-order valence-corrected chi connectivity index (χ3v) is 5.25. The van der Waals surface area contributed by atoms with Gasteiger partial charge in [0.05, 0.1) is 4.47 Å². The van der Waals surface area contributed by atoms with E-state index in [0.717, 1.165) is 23.1 Å². The summed E-state index contributed by atoms with van der Waals surface area (Å²) in [5.74, 6) is 0.806. The van der Waals surface area contributed by atoms with Crippen LogP contribution in [-0.2, 0) is 10.2 Å². The summed E-state index contributed by atoms with van der Waals surface area (Å²) in [6.07, 6.45) is 3.37. The number of nitrogens with zero attached hydrogens (tertiary/aromatic N) is 1. The van der Waals surface area contributed by atoms with Crippen LogP contribution in [0.15, 0.2) is 22.7 Å². The standard InChI is InChI=1S/C19H28BrNO2/c1-13-7-6-8-14(2)21(13)18(22)12-23-17-10-9-15(11-16(17)20)19(3,4)5/h9-11,13-14H,6-8,12H2,1-5H3. The Balaban J connectivity index is 2.02. The van der Waals surface area contributed by atoms with Crippen molar-refractivity contribution in [2.45, 2.75) is 71.4 Å². The number of carbonyl (C=O) groups is 1. The Morgan fingerprint density at radius 2 is 1.87 bits per heavy atom. The predicted molar refractivity (Wildman–Crippen MR) is 98.0 cm³/mol. The number of carbonyl (C=O) groups excluding carboxylic acids is 1. The number of amides is 1. The van der Waals surface area contributed by atoms with Crippen molar-refractivity contribution in [2.24, 2.45) is 0 Å². The maximum absolute atomic E-state index is 12.5. The van der Waals surface area contributed by atoms with Gasteiger partial charge in [0.1, 0.15) is 5.75 Å². The first-order chi connectivity index (χ1) is 10.7. The highest BCUT2D eigenvalue weighted by Crippen LogP contribution is 2.31. The van der Waals surface area contributed by atoms with Crippen LogP contribution in [0.25, 0.3) is 0 Å². The van der Waals surface area contributed by atoms with Crippen LogP contribution >= 0.6 is 15.9 Å². The second-order valence-corrected chi connectivity index (χ2v) is 8.47. The Labute approximate surface area is 148 Å². The average molecular weight is 382 g/mol. The molecule has 0 N–H and O–H groups in total. The third kappa shape index (κ3) is 4.50. The van der Waals surface area contributed by atoms with Crippen LogP contribution in [0.1, 0.15) is 59.4 Å². The molecule has 2 atom stereocenters. The number of rotatable bonds is 3. The maximum atomic E-state index is 12.5. The molecular formula is C19H28BrNO2. The van der Waals surface area contributed by atoms with Gasteiger partial charge in [0.15, 0.2) is 6.61 Å². The fourth-order valence-electron chi connectivity index (χ4n) is 3.21. The highest BCUT2D eigenvalue weighted by atomic mass is 79.9. The van der Waals surface area contributed by atoms with Gasteiger partial charge in [-0.25, -0.2) is 0 Å². The largest absolute Gasteiger partial charge is 0.483 e. The van der Waals surface area contributed by atoms with Crippen molar-refractivity contribution in [2.75, 3.05) is 6.61 Å². The molecule has 1 heterocycles. The van der Waals surface area contributed by atoms with Gasteiger partial charge in [-0.3, -0.25) is 4.79 Å². The van der Waals surface area contributed by atoms with Crippen LogP contribution in [0.5, 0.6) is 5.75 Å². The number of halogens is 1. The molecule has 1 amide bonds. The second-order valence-electron chi connectivity index (χ2n) is 7.61. The molecule has 1 fully saturated rings. The molecule has 1 aromatic carbocycles. The van der Waals surface area contributed by atoms with E-state index in [9.17, 15) is 4.79 Å². The van der Waals surface area contributed by atoms with Gasteiger partial charge in [-0.05, 0) is 72.2 Å². The molecule has 0 spiro atoms. The highest BCUT2D eigenvalue weighted by Gasteiger charge is 2.29. The number of hydrogen-bond donors (Lipinski definition) is 0. The van der Waals surface area contributed by atoms with Crippen LogP contribution in [-0.4, -0.2) is 29.5 Å². The Kier molecular flexibility index (Phi) is 5.77. The minimum atomic E-state index is 0.0801. The van der Waals surface area contributed by atoms with Crippen molar-refractivity contribution >= 4 is 21.8 Å². The topological polar surface area (TPSA) is 29.5 Å². The fourth-order valence-corrected chi connectivity index (χ4v) is 3.70. The number of piperidine rings is 1. The number of ether oxygens (including phenoxy) is 1. The van der Waals surface area contributed by atoms with E-state index < -0.39 is 0 Å². The molecule has 23 heavy (non-hydrogen) atoms. The van der Waals surface area contributed by atoms with E-state index >= 15 is 0 Å². The third-order valence-electron chi connectivity index (χ3n) is 4.63.